The molecule has 0 nitrogen and oxygen atoms in total. The summed E-state index contributed by atoms with van der Waals surface area (Å²) in [6.45, 7) is 14.4. The molecule has 0 saturated heterocycles. The molecule has 0 bridgehead atoms. The number of hydrogen-bond acceptors (Lipinski definition) is 0. The van der Waals surface area contributed by atoms with Gasteiger partial charge in [-0.3, -0.25) is 0 Å². The lowest BCUT2D eigenvalue weighted by molar-refractivity contribution is 0.0880. The first-order valence-corrected chi connectivity index (χ1v) is 6.30. The summed E-state index contributed by atoms with van der Waals surface area (Å²) in [6.07, 6.45) is 4.38. The van der Waals surface area contributed by atoms with Crippen molar-refractivity contribution in [2.24, 2.45) is 29.1 Å². The van der Waals surface area contributed by atoms with E-state index in [1.165, 1.54) is 19.3 Å². The fourth-order valence-corrected chi connectivity index (χ4v) is 2.91. The van der Waals surface area contributed by atoms with Crippen molar-refractivity contribution < 1.29 is 0 Å². The van der Waals surface area contributed by atoms with Gasteiger partial charge >= 0.3 is 0 Å². The van der Waals surface area contributed by atoms with Gasteiger partial charge < -0.3 is 0 Å². The molecular formula is C14H28. The summed E-state index contributed by atoms with van der Waals surface area (Å²) in [5.74, 6) is 3.74. The third kappa shape index (κ3) is 3.00. The molecule has 1 fully saturated rings. The van der Waals surface area contributed by atoms with Crippen LogP contribution in [0.2, 0.25) is 0 Å². The Kier molecular flexibility index (Phi) is 3.66. The van der Waals surface area contributed by atoms with Crippen LogP contribution in [0.3, 0.4) is 0 Å². The normalized spacial score (nSPS) is 34.9. The van der Waals surface area contributed by atoms with Crippen molar-refractivity contribution >= 4 is 0 Å². The van der Waals surface area contributed by atoms with E-state index in [1.807, 2.05) is 0 Å². The van der Waals surface area contributed by atoms with E-state index in [-0.39, 0.29) is 0 Å². The van der Waals surface area contributed by atoms with E-state index in [0.29, 0.717) is 5.41 Å². The number of rotatable bonds is 1. The van der Waals surface area contributed by atoms with Gasteiger partial charge in [-0.25, -0.2) is 0 Å². The van der Waals surface area contributed by atoms with Crippen LogP contribution in [0.15, 0.2) is 0 Å². The Labute approximate surface area is 90.5 Å². The lowest BCUT2D eigenvalue weighted by Gasteiger charge is -2.42. The van der Waals surface area contributed by atoms with E-state index in [0.717, 1.165) is 23.7 Å². The summed E-state index contributed by atoms with van der Waals surface area (Å²) in [5.41, 5.74) is 0.516. The average molecular weight is 196 g/mol. The van der Waals surface area contributed by atoms with Gasteiger partial charge in [-0.1, -0.05) is 41.5 Å². The molecule has 1 aliphatic rings. The van der Waals surface area contributed by atoms with Crippen LogP contribution >= 0.6 is 0 Å². The Bertz CT molecular complexity index is 173. The molecule has 0 amide bonds. The van der Waals surface area contributed by atoms with E-state index in [9.17, 15) is 0 Å². The topological polar surface area (TPSA) is 0 Å². The monoisotopic (exact) mass is 196 g/mol. The molecule has 1 saturated carbocycles. The zero-order chi connectivity index (χ0) is 10.9. The highest BCUT2D eigenvalue weighted by Gasteiger charge is 2.34. The van der Waals surface area contributed by atoms with Crippen LogP contribution in [-0.4, -0.2) is 0 Å². The first kappa shape index (κ1) is 12.1. The molecular weight excluding hydrogens is 168 g/mol. The summed E-state index contributed by atoms with van der Waals surface area (Å²) < 4.78 is 0. The summed E-state index contributed by atoms with van der Waals surface area (Å²) in [7, 11) is 0. The van der Waals surface area contributed by atoms with Crippen molar-refractivity contribution in [1.29, 1.82) is 0 Å². The van der Waals surface area contributed by atoms with Crippen LogP contribution in [0.25, 0.3) is 0 Å². The third-order valence-electron chi connectivity index (χ3n) is 4.15. The predicted octanol–water partition coefficient (Wildman–Crippen LogP) is 4.74. The van der Waals surface area contributed by atoms with Gasteiger partial charge in [0.1, 0.15) is 0 Å². The van der Waals surface area contributed by atoms with Gasteiger partial charge in [0, 0.05) is 0 Å². The van der Waals surface area contributed by atoms with E-state index in [4.69, 9.17) is 0 Å². The molecule has 0 heteroatoms. The lowest BCUT2D eigenvalue weighted by atomic mass is 9.64. The summed E-state index contributed by atoms with van der Waals surface area (Å²) in [5, 5.41) is 0. The zero-order valence-electron chi connectivity index (χ0n) is 10.9. The van der Waals surface area contributed by atoms with Gasteiger partial charge in [0.05, 0.1) is 0 Å². The molecule has 0 aromatic rings. The number of hydrogen-bond donors (Lipinski definition) is 0. The molecule has 3 atom stereocenters. The molecule has 1 rings (SSSR count). The minimum Gasteiger partial charge on any atom is -0.0625 e. The van der Waals surface area contributed by atoms with Crippen LogP contribution in [0.1, 0.15) is 60.8 Å². The van der Waals surface area contributed by atoms with Crippen molar-refractivity contribution in [3.63, 3.8) is 0 Å². The molecule has 3 unspecified atom stereocenters. The maximum absolute atomic E-state index is 2.44. The lowest BCUT2D eigenvalue weighted by Crippen LogP contribution is -2.32. The Hall–Kier alpha value is 0. The molecule has 0 aliphatic heterocycles. The van der Waals surface area contributed by atoms with Gasteiger partial charge in [0.15, 0.2) is 0 Å². The van der Waals surface area contributed by atoms with Gasteiger partial charge in [0.25, 0.3) is 0 Å². The van der Waals surface area contributed by atoms with E-state index < -0.39 is 0 Å². The molecule has 1 aliphatic carbocycles. The second-order valence-corrected chi connectivity index (χ2v) is 6.88. The van der Waals surface area contributed by atoms with Crippen LogP contribution in [0, 0.1) is 29.1 Å². The maximum atomic E-state index is 2.44. The van der Waals surface area contributed by atoms with Gasteiger partial charge in [-0.15, -0.1) is 0 Å². The molecule has 0 aromatic carbocycles. The Morgan fingerprint density at radius 3 is 2.00 bits per heavy atom. The minimum absolute atomic E-state index is 0.516. The summed E-state index contributed by atoms with van der Waals surface area (Å²) >= 11 is 0. The quantitative estimate of drug-likeness (QED) is 0.568. The molecule has 14 heavy (non-hydrogen) atoms. The van der Waals surface area contributed by atoms with Crippen molar-refractivity contribution in [3.8, 4) is 0 Å². The second kappa shape index (κ2) is 4.24. The van der Waals surface area contributed by atoms with Crippen LogP contribution < -0.4 is 0 Å². The molecule has 0 radical (unpaired) electrons. The first-order chi connectivity index (χ1) is 6.30. The Morgan fingerprint density at radius 1 is 1.00 bits per heavy atom. The maximum Gasteiger partial charge on any atom is -0.0354 e. The van der Waals surface area contributed by atoms with Crippen molar-refractivity contribution in [3.05, 3.63) is 0 Å². The zero-order valence-corrected chi connectivity index (χ0v) is 10.9. The van der Waals surface area contributed by atoms with Crippen molar-refractivity contribution in [1.82, 2.24) is 0 Å². The fraction of sp³-hybridized carbons (Fsp3) is 1.00. The predicted molar refractivity (Wildman–Crippen MR) is 64.3 cm³/mol. The molecule has 0 N–H and O–H groups in total. The van der Waals surface area contributed by atoms with Crippen LogP contribution in [-0.2, 0) is 0 Å². The highest BCUT2D eigenvalue weighted by atomic mass is 14.4. The minimum atomic E-state index is 0.516. The Morgan fingerprint density at radius 2 is 1.57 bits per heavy atom. The van der Waals surface area contributed by atoms with Gasteiger partial charge in [0.2, 0.25) is 0 Å². The third-order valence-corrected chi connectivity index (χ3v) is 4.15. The molecule has 0 aromatic heterocycles. The van der Waals surface area contributed by atoms with Crippen LogP contribution in [0.4, 0.5) is 0 Å². The van der Waals surface area contributed by atoms with Crippen LogP contribution in [0.5, 0.6) is 0 Å². The smallest absolute Gasteiger partial charge is 0.0354 e. The first-order valence-electron chi connectivity index (χ1n) is 6.30. The summed E-state index contributed by atoms with van der Waals surface area (Å²) in [6, 6.07) is 0. The largest absolute Gasteiger partial charge is 0.0625 e. The van der Waals surface area contributed by atoms with E-state index in [2.05, 4.69) is 41.5 Å². The highest BCUT2D eigenvalue weighted by Crippen LogP contribution is 2.44. The standard InChI is InChI=1S/C14H28/c1-10(2)12-7-11(3)8-13(9-12)14(4,5)6/h10-13H,7-9H2,1-6H3. The average Bonchev–Trinajstić information content (AvgIpc) is 2.01. The molecule has 0 spiro atoms. The second-order valence-electron chi connectivity index (χ2n) is 6.88. The molecule has 0 heterocycles. The molecule has 84 valence electrons. The fourth-order valence-electron chi connectivity index (χ4n) is 2.91. The highest BCUT2D eigenvalue weighted by molar-refractivity contribution is 4.84. The summed E-state index contributed by atoms with van der Waals surface area (Å²) in [4.78, 5) is 0. The SMILES string of the molecule is CC1CC(C(C)C)CC(C(C)(C)C)C1. The van der Waals surface area contributed by atoms with E-state index in [1.54, 1.807) is 0 Å². The van der Waals surface area contributed by atoms with Gasteiger partial charge in [-0.05, 0) is 48.3 Å². The van der Waals surface area contributed by atoms with Crippen molar-refractivity contribution in [2.45, 2.75) is 60.8 Å². The Balaban J connectivity index is 2.63. The van der Waals surface area contributed by atoms with Gasteiger partial charge in [-0.2, -0.15) is 0 Å². The van der Waals surface area contributed by atoms with E-state index >= 15 is 0 Å². The van der Waals surface area contributed by atoms with Crippen molar-refractivity contribution in [2.75, 3.05) is 0 Å².